The molecular formula is C15H13ClFN3O2. The van der Waals surface area contributed by atoms with E-state index in [0.29, 0.717) is 16.9 Å². The predicted octanol–water partition coefficient (Wildman–Crippen LogP) is 4.33. The van der Waals surface area contributed by atoms with Crippen molar-refractivity contribution >= 4 is 17.3 Å². The zero-order valence-corrected chi connectivity index (χ0v) is 12.4. The van der Waals surface area contributed by atoms with Gasteiger partial charge in [-0.3, -0.25) is 10.1 Å². The molecule has 1 heterocycles. The van der Waals surface area contributed by atoms with Gasteiger partial charge in [-0.2, -0.15) is 5.10 Å². The molecule has 0 unspecified atom stereocenters. The third-order valence-corrected chi connectivity index (χ3v) is 4.57. The quantitative estimate of drug-likeness (QED) is 0.622. The first kappa shape index (κ1) is 13.7. The van der Waals surface area contributed by atoms with Crippen molar-refractivity contribution < 1.29 is 9.31 Å². The number of non-ortho nitro benzene ring substituents is 1. The highest BCUT2D eigenvalue weighted by Crippen LogP contribution is 2.50. The van der Waals surface area contributed by atoms with Gasteiger partial charge in [0.25, 0.3) is 5.69 Å². The molecule has 5 nitrogen and oxygen atoms in total. The molecule has 0 aliphatic heterocycles. The van der Waals surface area contributed by atoms with Gasteiger partial charge < -0.3 is 0 Å². The lowest BCUT2D eigenvalue weighted by Gasteiger charge is -2.08. The molecule has 4 rings (SSSR count). The Balaban J connectivity index is 1.85. The molecule has 2 aliphatic carbocycles. The van der Waals surface area contributed by atoms with Gasteiger partial charge in [-0.15, -0.1) is 0 Å². The lowest BCUT2D eigenvalue weighted by Crippen LogP contribution is -2.05. The van der Waals surface area contributed by atoms with Crippen molar-refractivity contribution in [2.24, 2.45) is 0 Å². The molecule has 0 spiro atoms. The Morgan fingerprint density at radius 3 is 2.50 bits per heavy atom. The molecule has 114 valence electrons. The fourth-order valence-corrected chi connectivity index (χ4v) is 3.15. The van der Waals surface area contributed by atoms with Crippen LogP contribution in [0.2, 0.25) is 5.02 Å². The summed E-state index contributed by atoms with van der Waals surface area (Å²) in [4.78, 5) is 10.1. The van der Waals surface area contributed by atoms with E-state index in [1.54, 1.807) is 4.68 Å². The molecular weight excluding hydrogens is 309 g/mol. The fraction of sp³-hybridized carbons (Fsp3) is 0.400. The molecule has 0 amide bonds. The number of halogens is 2. The Labute approximate surface area is 130 Å². The summed E-state index contributed by atoms with van der Waals surface area (Å²) in [7, 11) is 0. The van der Waals surface area contributed by atoms with Crippen LogP contribution in [-0.4, -0.2) is 14.7 Å². The highest BCUT2D eigenvalue weighted by atomic mass is 35.5. The fourth-order valence-electron chi connectivity index (χ4n) is 2.72. The van der Waals surface area contributed by atoms with Crippen molar-refractivity contribution in [2.75, 3.05) is 0 Å². The van der Waals surface area contributed by atoms with E-state index in [2.05, 4.69) is 5.10 Å². The molecule has 7 heteroatoms. The Bertz CT molecular complexity index is 781. The molecule has 0 saturated heterocycles. The summed E-state index contributed by atoms with van der Waals surface area (Å²) in [5.41, 5.74) is 1.63. The number of nitro groups is 1. The standard InChI is InChI=1S/C15H13ClFN3O2/c16-13-14(8-1-2-8)18-19(15(13)9-3-4-9)12-6-5-10(20(21)22)7-11(12)17/h5-9H,1-4H2. The number of rotatable bonds is 4. The molecule has 2 fully saturated rings. The van der Waals surface area contributed by atoms with Crippen LogP contribution >= 0.6 is 11.6 Å². The average Bonchev–Trinajstić information content (AvgIpc) is 3.38. The molecule has 2 saturated carbocycles. The van der Waals surface area contributed by atoms with E-state index in [1.165, 1.54) is 12.1 Å². The van der Waals surface area contributed by atoms with E-state index in [9.17, 15) is 14.5 Å². The molecule has 0 atom stereocenters. The number of nitro benzene ring substituents is 1. The zero-order valence-electron chi connectivity index (χ0n) is 11.6. The average molecular weight is 322 g/mol. The number of benzene rings is 1. The van der Waals surface area contributed by atoms with E-state index >= 15 is 0 Å². The van der Waals surface area contributed by atoms with Crippen LogP contribution in [0.5, 0.6) is 0 Å². The van der Waals surface area contributed by atoms with Gasteiger partial charge in [0.1, 0.15) is 5.69 Å². The molecule has 2 aromatic rings. The largest absolute Gasteiger partial charge is 0.272 e. The van der Waals surface area contributed by atoms with Crippen LogP contribution in [0.1, 0.15) is 48.9 Å². The monoisotopic (exact) mass is 321 g/mol. The summed E-state index contributed by atoms with van der Waals surface area (Å²) in [6, 6.07) is 3.62. The Morgan fingerprint density at radius 1 is 1.27 bits per heavy atom. The topological polar surface area (TPSA) is 61.0 Å². The highest BCUT2D eigenvalue weighted by Gasteiger charge is 2.37. The van der Waals surface area contributed by atoms with Gasteiger partial charge in [0.05, 0.1) is 27.4 Å². The molecule has 2 aliphatic rings. The van der Waals surface area contributed by atoms with Crippen molar-refractivity contribution in [1.29, 1.82) is 0 Å². The summed E-state index contributed by atoms with van der Waals surface area (Å²) in [5.74, 6) is 0.0204. The van der Waals surface area contributed by atoms with Gasteiger partial charge in [0.15, 0.2) is 5.82 Å². The van der Waals surface area contributed by atoms with Gasteiger partial charge in [0.2, 0.25) is 0 Å². The maximum atomic E-state index is 14.3. The van der Waals surface area contributed by atoms with Crippen LogP contribution in [0.15, 0.2) is 18.2 Å². The Hall–Kier alpha value is -1.95. The van der Waals surface area contributed by atoms with Gasteiger partial charge in [0, 0.05) is 17.9 Å². The minimum absolute atomic E-state index is 0.223. The second kappa shape index (κ2) is 4.78. The smallest absolute Gasteiger partial charge is 0.258 e. The van der Waals surface area contributed by atoms with Crippen LogP contribution < -0.4 is 0 Å². The second-order valence-electron chi connectivity index (χ2n) is 5.94. The number of hydrogen-bond donors (Lipinski definition) is 0. The number of hydrogen-bond acceptors (Lipinski definition) is 3. The van der Waals surface area contributed by atoms with Gasteiger partial charge in [-0.05, 0) is 31.7 Å². The number of nitrogens with zero attached hydrogens (tertiary/aromatic N) is 3. The van der Waals surface area contributed by atoms with Crippen molar-refractivity contribution in [1.82, 2.24) is 9.78 Å². The molecule has 1 aromatic heterocycles. The summed E-state index contributed by atoms with van der Waals surface area (Å²) in [6.45, 7) is 0. The van der Waals surface area contributed by atoms with Crippen molar-refractivity contribution in [3.8, 4) is 5.69 Å². The van der Waals surface area contributed by atoms with Crippen molar-refractivity contribution in [3.63, 3.8) is 0 Å². The minimum atomic E-state index is -0.655. The SMILES string of the molecule is O=[N+]([O-])c1ccc(-n2nc(C3CC3)c(Cl)c2C2CC2)c(F)c1. The molecule has 22 heavy (non-hydrogen) atoms. The lowest BCUT2D eigenvalue weighted by atomic mass is 10.2. The highest BCUT2D eigenvalue weighted by molar-refractivity contribution is 6.32. The maximum absolute atomic E-state index is 14.3. The van der Waals surface area contributed by atoms with Crippen LogP contribution in [0.3, 0.4) is 0 Å². The van der Waals surface area contributed by atoms with Gasteiger partial charge in [-0.25, -0.2) is 9.07 Å². The van der Waals surface area contributed by atoms with Crippen LogP contribution in [0.25, 0.3) is 5.69 Å². The van der Waals surface area contributed by atoms with Crippen LogP contribution in [-0.2, 0) is 0 Å². The first-order valence-electron chi connectivity index (χ1n) is 7.29. The zero-order chi connectivity index (χ0) is 15.4. The lowest BCUT2D eigenvalue weighted by molar-refractivity contribution is -0.385. The third-order valence-electron chi connectivity index (χ3n) is 4.18. The van der Waals surface area contributed by atoms with Crippen LogP contribution in [0, 0.1) is 15.9 Å². The Kier molecular flexibility index (Phi) is 2.97. The van der Waals surface area contributed by atoms with E-state index in [1.807, 2.05) is 0 Å². The normalized spacial score (nSPS) is 17.7. The van der Waals surface area contributed by atoms with Crippen molar-refractivity contribution in [3.05, 3.63) is 50.5 Å². The van der Waals surface area contributed by atoms with E-state index in [4.69, 9.17) is 11.6 Å². The van der Waals surface area contributed by atoms with Gasteiger partial charge >= 0.3 is 0 Å². The third kappa shape index (κ3) is 2.18. The Morgan fingerprint density at radius 2 is 1.95 bits per heavy atom. The van der Waals surface area contributed by atoms with E-state index in [-0.39, 0.29) is 11.4 Å². The molecule has 0 bridgehead atoms. The predicted molar refractivity (Wildman–Crippen MR) is 79.1 cm³/mol. The summed E-state index contributed by atoms with van der Waals surface area (Å²) < 4.78 is 15.9. The summed E-state index contributed by atoms with van der Waals surface area (Å²) in [6.07, 6.45) is 4.15. The maximum Gasteiger partial charge on any atom is 0.272 e. The summed E-state index contributed by atoms with van der Waals surface area (Å²) in [5, 5.41) is 15.9. The summed E-state index contributed by atoms with van der Waals surface area (Å²) >= 11 is 6.47. The van der Waals surface area contributed by atoms with E-state index < -0.39 is 10.7 Å². The molecule has 1 aromatic carbocycles. The minimum Gasteiger partial charge on any atom is -0.258 e. The van der Waals surface area contributed by atoms with Crippen LogP contribution in [0.4, 0.5) is 10.1 Å². The first-order valence-corrected chi connectivity index (χ1v) is 7.66. The van der Waals surface area contributed by atoms with Crippen molar-refractivity contribution in [2.45, 2.75) is 37.5 Å². The van der Waals surface area contributed by atoms with E-state index in [0.717, 1.165) is 43.1 Å². The first-order chi connectivity index (χ1) is 10.6. The molecule has 0 N–H and O–H groups in total. The number of aromatic nitrogens is 2. The second-order valence-corrected chi connectivity index (χ2v) is 6.32. The molecule has 0 radical (unpaired) electrons. The van der Waals surface area contributed by atoms with Gasteiger partial charge in [-0.1, -0.05) is 11.6 Å².